The van der Waals surface area contributed by atoms with Crippen LogP contribution in [0.3, 0.4) is 0 Å². The van der Waals surface area contributed by atoms with Gasteiger partial charge in [-0.3, -0.25) is 4.98 Å². The summed E-state index contributed by atoms with van der Waals surface area (Å²) in [5, 5.41) is 3.84. The van der Waals surface area contributed by atoms with Crippen molar-refractivity contribution in [3.63, 3.8) is 0 Å². The largest absolute Gasteiger partial charge is 0.308 e. The van der Waals surface area contributed by atoms with E-state index in [1.165, 1.54) is 30.5 Å². The summed E-state index contributed by atoms with van der Waals surface area (Å²) in [5.41, 5.74) is 3.56. The maximum atomic E-state index is 4.57. The molecule has 1 N–H and O–H groups in total. The van der Waals surface area contributed by atoms with Crippen LogP contribution < -0.4 is 5.32 Å². The summed E-state index contributed by atoms with van der Waals surface area (Å²) in [6.07, 6.45) is 7.14. The second-order valence-electron chi connectivity index (χ2n) is 7.51. The van der Waals surface area contributed by atoms with Gasteiger partial charge in [0.15, 0.2) is 0 Å². The van der Waals surface area contributed by atoms with Crippen molar-refractivity contribution < 1.29 is 0 Å². The minimum absolute atomic E-state index is 0.457. The molecular weight excluding hydrogens is 244 g/mol. The third-order valence-electron chi connectivity index (χ3n) is 6.68. The van der Waals surface area contributed by atoms with Crippen LogP contribution in [0.2, 0.25) is 0 Å². The molecule has 2 aliphatic rings. The van der Waals surface area contributed by atoms with Gasteiger partial charge in [0.2, 0.25) is 0 Å². The number of hydrogen-bond donors (Lipinski definition) is 1. The molecule has 2 aliphatic carbocycles. The zero-order chi connectivity index (χ0) is 14.4. The van der Waals surface area contributed by atoms with Crippen molar-refractivity contribution in [2.75, 3.05) is 0 Å². The highest BCUT2D eigenvalue weighted by Gasteiger charge is 2.60. The molecule has 1 aromatic heterocycles. The first-order chi connectivity index (χ1) is 9.49. The van der Waals surface area contributed by atoms with Crippen molar-refractivity contribution in [3.05, 3.63) is 29.6 Å². The predicted octanol–water partition coefficient (Wildman–Crippen LogP) is 3.95. The molecule has 0 spiro atoms. The summed E-state index contributed by atoms with van der Waals surface area (Å²) in [5.74, 6) is 0.902. The summed E-state index contributed by atoms with van der Waals surface area (Å²) < 4.78 is 0. The lowest BCUT2D eigenvalue weighted by molar-refractivity contribution is 0.120. The van der Waals surface area contributed by atoms with Crippen LogP contribution in [-0.2, 0) is 13.0 Å². The van der Waals surface area contributed by atoms with Gasteiger partial charge in [0.1, 0.15) is 0 Å². The maximum absolute atomic E-state index is 4.57. The Labute approximate surface area is 123 Å². The van der Waals surface area contributed by atoms with Crippen molar-refractivity contribution in [1.82, 2.24) is 10.3 Å². The van der Waals surface area contributed by atoms with Crippen LogP contribution >= 0.6 is 0 Å². The van der Waals surface area contributed by atoms with E-state index in [1.54, 1.807) is 0 Å². The number of fused-ring (bicyclic) bond motifs is 2. The molecular formula is C18H28N2. The zero-order valence-corrected chi connectivity index (χ0v) is 13.4. The number of aryl methyl sites for hydroxylation is 1. The molecule has 2 bridgehead atoms. The van der Waals surface area contributed by atoms with Gasteiger partial charge >= 0.3 is 0 Å². The fourth-order valence-electron chi connectivity index (χ4n) is 4.68. The van der Waals surface area contributed by atoms with Gasteiger partial charge in [-0.2, -0.15) is 0 Å². The molecule has 3 atom stereocenters. The van der Waals surface area contributed by atoms with Crippen molar-refractivity contribution in [1.29, 1.82) is 0 Å². The summed E-state index contributed by atoms with van der Waals surface area (Å²) in [6.45, 7) is 10.6. The number of nitrogens with zero attached hydrogens (tertiary/aromatic N) is 1. The van der Waals surface area contributed by atoms with Gasteiger partial charge in [-0.15, -0.1) is 0 Å². The Bertz CT molecular complexity index is 494. The highest BCUT2D eigenvalue weighted by molar-refractivity contribution is 5.20. The van der Waals surface area contributed by atoms with E-state index < -0.39 is 0 Å². The molecule has 0 aliphatic heterocycles. The normalized spacial score (nSPS) is 34.6. The molecule has 0 saturated heterocycles. The monoisotopic (exact) mass is 272 g/mol. The van der Waals surface area contributed by atoms with Crippen LogP contribution in [0.5, 0.6) is 0 Å². The van der Waals surface area contributed by atoms with Crippen LogP contribution in [-0.4, -0.2) is 11.0 Å². The molecule has 0 amide bonds. The van der Waals surface area contributed by atoms with E-state index in [-0.39, 0.29) is 0 Å². The number of rotatable bonds is 4. The van der Waals surface area contributed by atoms with Gasteiger partial charge in [-0.1, -0.05) is 33.8 Å². The minimum atomic E-state index is 0.457. The van der Waals surface area contributed by atoms with Gasteiger partial charge in [-0.05, 0) is 54.1 Å². The van der Waals surface area contributed by atoms with Crippen LogP contribution in [0, 0.1) is 16.7 Å². The molecule has 1 aromatic rings. The number of hydrogen-bond acceptors (Lipinski definition) is 2. The van der Waals surface area contributed by atoms with E-state index in [9.17, 15) is 0 Å². The fourth-order valence-corrected chi connectivity index (χ4v) is 4.68. The van der Waals surface area contributed by atoms with Crippen molar-refractivity contribution >= 4 is 0 Å². The first-order valence-corrected chi connectivity index (χ1v) is 8.15. The number of pyridine rings is 1. The summed E-state index contributed by atoms with van der Waals surface area (Å²) in [4.78, 5) is 4.57. The molecule has 2 saturated carbocycles. The first-order valence-electron chi connectivity index (χ1n) is 8.15. The quantitative estimate of drug-likeness (QED) is 0.897. The molecule has 0 radical (unpaired) electrons. The van der Waals surface area contributed by atoms with E-state index >= 15 is 0 Å². The lowest BCUT2D eigenvalue weighted by Gasteiger charge is -2.39. The van der Waals surface area contributed by atoms with Crippen molar-refractivity contribution in [3.8, 4) is 0 Å². The smallest absolute Gasteiger partial charge is 0.0573 e. The molecule has 110 valence electrons. The molecule has 2 heteroatoms. The third kappa shape index (κ3) is 1.92. The van der Waals surface area contributed by atoms with E-state index in [0.29, 0.717) is 16.9 Å². The second kappa shape index (κ2) is 4.84. The Hall–Kier alpha value is -0.890. The Morgan fingerprint density at radius 2 is 2.15 bits per heavy atom. The highest BCUT2D eigenvalue weighted by Crippen LogP contribution is 2.65. The van der Waals surface area contributed by atoms with Crippen molar-refractivity contribution in [2.45, 2.75) is 66.0 Å². The van der Waals surface area contributed by atoms with E-state index in [0.717, 1.165) is 18.9 Å². The molecule has 3 unspecified atom stereocenters. The van der Waals surface area contributed by atoms with E-state index in [2.05, 4.69) is 44.1 Å². The van der Waals surface area contributed by atoms with Gasteiger partial charge in [-0.25, -0.2) is 0 Å². The standard InChI is InChI=1S/C18H28N2/c1-5-13-7-6-10-19-15(13)12-20-16-11-14-8-9-18(16,4)17(14,2)3/h6-7,10,14,16,20H,5,8-9,11-12H2,1-4H3. The molecule has 2 fully saturated rings. The van der Waals surface area contributed by atoms with E-state index in [4.69, 9.17) is 0 Å². The summed E-state index contributed by atoms with van der Waals surface area (Å²) in [7, 11) is 0. The van der Waals surface area contributed by atoms with Gasteiger partial charge < -0.3 is 5.32 Å². The average Bonchev–Trinajstić information content (AvgIpc) is 2.78. The highest BCUT2D eigenvalue weighted by atomic mass is 15.0. The zero-order valence-electron chi connectivity index (χ0n) is 13.4. The SMILES string of the molecule is CCc1cccnc1CNC1CC2CCC1(C)C2(C)C. The number of aromatic nitrogens is 1. The maximum Gasteiger partial charge on any atom is 0.0573 e. The molecule has 2 nitrogen and oxygen atoms in total. The molecule has 0 aromatic carbocycles. The van der Waals surface area contributed by atoms with Gasteiger partial charge in [0, 0.05) is 18.8 Å². The first kappa shape index (κ1) is 14.1. The van der Waals surface area contributed by atoms with Crippen LogP contribution in [0.15, 0.2) is 18.3 Å². The third-order valence-corrected chi connectivity index (χ3v) is 6.68. The van der Waals surface area contributed by atoms with Gasteiger partial charge in [0.05, 0.1) is 5.69 Å². The number of nitrogens with one attached hydrogen (secondary N) is 1. The fraction of sp³-hybridized carbons (Fsp3) is 0.722. The van der Waals surface area contributed by atoms with E-state index in [1.807, 2.05) is 12.3 Å². The average molecular weight is 272 g/mol. The lowest BCUT2D eigenvalue weighted by atomic mass is 9.69. The van der Waals surface area contributed by atoms with Crippen LogP contribution in [0.4, 0.5) is 0 Å². The van der Waals surface area contributed by atoms with Crippen molar-refractivity contribution in [2.24, 2.45) is 16.7 Å². The Morgan fingerprint density at radius 1 is 1.35 bits per heavy atom. The molecule has 20 heavy (non-hydrogen) atoms. The molecule has 3 rings (SSSR count). The summed E-state index contributed by atoms with van der Waals surface area (Å²) >= 11 is 0. The molecule has 1 heterocycles. The Morgan fingerprint density at radius 3 is 2.75 bits per heavy atom. The van der Waals surface area contributed by atoms with Crippen LogP contribution in [0.25, 0.3) is 0 Å². The second-order valence-corrected chi connectivity index (χ2v) is 7.51. The summed E-state index contributed by atoms with van der Waals surface area (Å²) in [6, 6.07) is 4.91. The van der Waals surface area contributed by atoms with Gasteiger partial charge in [0.25, 0.3) is 0 Å². The minimum Gasteiger partial charge on any atom is -0.308 e. The topological polar surface area (TPSA) is 24.9 Å². The van der Waals surface area contributed by atoms with Crippen LogP contribution in [0.1, 0.15) is 58.2 Å². The predicted molar refractivity (Wildman–Crippen MR) is 83.5 cm³/mol. The Kier molecular flexibility index (Phi) is 3.40. The Balaban J connectivity index is 1.71. The lowest BCUT2D eigenvalue weighted by Crippen LogP contribution is -2.44.